The Labute approximate surface area is 166 Å². The molecule has 0 radical (unpaired) electrons. The zero-order valence-electron chi connectivity index (χ0n) is 15.6. The van der Waals surface area contributed by atoms with E-state index in [0.717, 1.165) is 11.3 Å². The highest BCUT2D eigenvalue weighted by molar-refractivity contribution is 7.98. The van der Waals surface area contributed by atoms with E-state index in [0.29, 0.717) is 23.4 Å². The van der Waals surface area contributed by atoms with Crippen LogP contribution in [0.3, 0.4) is 0 Å². The van der Waals surface area contributed by atoms with Crippen molar-refractivity contribution in [3.63, 3.8) is 0 Å². The van der Waals surface area contributed by atoms with Crippen molar-refractivity contribution in [2.24, 2.45) is 0 Å². The maximum absolute atomic E-state index is 10.8. The summed E-state index contributed by atoms with van der Waals surface area (Å²) in [5, 5.41) is 23.9. The zero-order chi connectivity index (χ0) is 20.1. The van der Waals surface area contributed by atoms with Crippen LogP contribution in [-0.2, 0) is 12.4 Å². The van der Waals surface area contributed by atoms with E-state index in [-0.39, 0.29) is 11.8 Å². The summed E-state index contributed by atoms with van der Waals surface area (Å²) >= 11 is 1.38. The van der Waals surface area contributed by atoms with Crippen molar-refractivity contribution in [1.82, 2.24) is 24.5 Å². The van der Waals surface area contributed by atoms with Crippen LogP contribution in [0.4, 0.5) is 5.69 Å². The predicted octanol–water partition coefficient (Wildman–Crippen LogP) is 3.77. The van der Waals surface area contributed by atoms with Gasteiger partial charge in [0, 0.05) is 6.54 Å². The van der Waals surface area contributed by atoms with E-state index in [9.17, 15) is 10.1 Å². The molecule has 0 aliphatic carbocycles. The number of aromatic nitrogens is 5. The fourth-order valence-corrected chi connectivity index (χ4v) is 3.41. The maximum atomic E-state index is 10.8. The summed E-state index contributed by atoms with van der Waals surface area (Å²) in [5.41, 5.74) is 1.07. The van der Waals surface area contributed by atoms with Crippen LogP contribution >= 0.6 is 11.8 Å². The summed E-state index contributed by atoms with van der Waals surface area (Å²) in [6.45, 7) is 8.23. The highest BCUT2D eigenvalue weighted by Crippen LogP contribution is 2.26. The van der Waals surface area contributed by atoms with Gasteiger partial charge in [0.05, 0.1) is 10.8 Å². The first-order valence-electron chi connectivity index (χ1n) is 8.55. The molecule has 146 valence electrons. The Kier molecular flexibility index (Phi) is 6.09. The average Bonchev–Trinajstić information content (AvgIpc) is 3.27. The molecule has 0 amide bonds. The molecule has 0 bridgehead atoms. The number of thioether (sulfide) groups is 1. The van der Waals surface area contributed by atoms with Crippen LogP contribution in [0.25, 0.3) is 0 Å². The Balaban J connectivity index is 1.74. The second-order valence-electron chi connectivity index (χ2n) is 6.09. The lowest BCUT2D eigenvalue weighted by Gasteiger charge is -2.16. The molecule has 0 aliphatic rings. The second-order valence-corrected chi connectivity index (χ2v) is 7.00. The lowest BCUT2D eigenvalue weighted by molar-refractivity contribution is -0.385. The van der Waals surface area contributed by atoms with Crippen molar-refractivity contribution in [3.8, 4) is 5.75 Å². The van der Waals surface area contributed by atoms with Crippen LogP contribution < -0.4 is 4.74 Å². The molecule has 28 heavy (non-hydrogen) atoms. The summed E-state index contributed by atoms with van der Waals surface area (Å²) in [6.07, 6.45) is 4.05. The topological polar surface area (TPSA) is 101 Å². The molecule has 0 spiro atoms. The monoisotopic (exact) mass is 400 g/mol. The Hall–Kier alpha value is -3.14. The summed E-state index contributed by atoms with van der Waals surface area (Å²) < 4.78 is 9.42. The number of ether oxygens (including phenoxy) is 1. The minimum atomic E-state index is -0.475. The minimum Gasteiger partial charge on any atom is -0.483 e. The van der Waals surface area contributed by atoms with E-state index >= 15 is 0 Å². The fourth-order valence-electron chi connectivity index (χ4n) is 2.60. The van der Waals surface area contributed by atoms with Gasteiger partial charge in [0.2, 0.25) is 0 Å². The molecule has 0 saturated carbocycles. The molecular weight excluding hydrogens is 380 g/mol. The van der Waals surface area contributed by atoms with Gasteiger partial charge in [-0.2, -0.15) is 5.10 Å². The van der Waals surface area contributed by atoms with Crippen molar-refractivity contribution >= 4 is 17.4 Å². The van der Waals surface area contributed by atoms with Crippen LogP contribution in [0.2, 0.25) is 0 Å². The number of rotatable bonds is 9. The van der Waals surface area contributed by atoms with E-state index < -0.39 is 4.92 Å². The smallest absolute Gasteiger partial charge is 0.307 e. The third kappa shape index (κ3) is 4.58. The summed E-state index contributed by atoms with van der Waals surface area (Å²) in [5.74, 6) is 1.81. The third-order valence-electron chi connectivity index (χ3n) is 3.88. The van der Waals surface area contributed by atoms with Crippen LogP contribution in [0.15, 0.2) is 54.5 Å². The Bertz CT molecular complexity index is 983. The van der Waals surface area contributed by atoms with Gasteiger partial charge in [0.25, 0.3) is 0 Å². The normalized spacial score (nSPS) is 11.9. The molecule has 3 aromatic rings. The van der Waals surface area contributed by atoms with Gasteiger partial charge in [0.1, 0.15) is 18.1 Å². The third-order valence-corrected chi connectivity index (χ3v) is 4.83. The van der Waals surface area contributed by atoms with E-state index in [4.69, 9.17) is 4.74 Å². The fraction of sp³-hybridized carbons (Fsp3) is 0.278. The van der Waals surface area contributed by atoms with Crippen molar-refractivity contribution in [2.75, 3.05) is 0 Å². The number of nitrogens with zero attached hydrogens (tertiary/aromatic N) is 6. The largest absolute Gasteiger partial charge is 0.483 e. The van der Waals surface area contributed by atoms with Gasteiger partial charge in [-0.15, -0.1) is 16.8 Å². The molecule has 2 heterocycles. The number of aryl methyl sites for hydroxylation is 1. The summed E-state index contributed by atoms with van der Waals surface area (Å²) in [4.78, 5) is 10.3. The predicted molar refractivity (Wildman–Crippen MR) is 105 cm³/mol. The van der Waals surface area contributed by atoms with E-state index in [1.165, 1.54) is 28.8 Å². The van der Waals surface area contributed by atoms with E-state index in [2.05, 4.69) is 21.9 Å². The van der Waals surface area contributed by atoms with Crippen molar-refractivity contribution < 1.29 is 9.66 Å². The van der Waals surface area contributed by atoms with Gasteiger partial charge in [-0.25, -0.2) is 0 Å². The highest BCUT2D eigenvalue weighted by atomic mass is 32.2. The first-order valence-corrected chi connectivity index (χ1v) is 9.53. The molecule has 0 N–H and O–H groups in total. The van der Waals surface area contributed by atoms with Gasteiger partial charge in [-0.1, -0.05) is 30.0 Å². The molecule has 0 fully saturated rings. The van der Waals surface area contributed by atoms with Crippen molar-refractivity contribution in [3.05, 3.63) is 70.8 Å². The van der Waals surface area contributed by atoms with Gasteiger partial charge < -0.3 is 4.74 Å². The minimum absolute atomic E-state index is 0.0472. The molecule has 9 nitrogen and oxygen atoms in total. The quantitative estimate of drug-likeness (QED) is 0.233. The standard InChI is InChI=1S/C18H20N6O3S/c1-4-8-23-17(14(3)27-16-7-5-6-13(2)9-16)20-21-18(23)28-12-22-11-15(10-19-22)24(25)26/h4-7,9-11,14H,1,8,12H2,2-3H3. The first kappa shape index (κ1) is 19.6. The average molecular weight is 400 g/mol. The number of hydrogen-bond acceptors (Lipinski definition) is 7. The Morgan fingerprint density at radius 1 is 1.43 bits per heavy atom. The van der Waals surface area contributed by atoms with E-state index in [1.807, 2.05) is 42.7 Å². The number of benzene rings is 1. The number of allylic oxidation sites excluding steroid dienone is 1. The SMILES string of the molecule is C=CCn1c(SCn2cc([N+](=O)[O-])cn2)nnc1C(C)Oc1cccc(C)c1. The Morgan fingerprint density at radius 3 is 2.93 bits per heavy atom. The zero-order valence-corrected chi connectivity index (χ0v) is 16.4. The summed E-state index contributed by atoms with van der Waals surface area (Å²) in [6, 6.07) is 7.81. The maximum Gasteiger partial charge on any atom is 0.307 e. The number of nitro groups is 1. The molecule has 3 rings (SSSR count). The van der Waals surface area contributed by atoms with Crippen molar-refractivity contribution in [1.29, 1.82) is 0 Å². The second kappa shape index (κ2) is 8.70. The Morgan fingerprint density at radius 2 is 2.25 bits per heavy atom. The van der Waals surface area contributed by atoms with Crippen LogP contribution in [0, 0.1) is 17.0 Å². The molecule has 10 heteroatoms. The molecular formula is C18H20N6O3S. The summed E-state index contributed by atoms with van der Waals surface area (Å²) in [7, 11) is 0. The van der Waals surface area contributed by atoms with E-state index in [1.54, 1.807) is 6.08 Å². The number of hydrogen-bond donors (Lipinski definition) is 0. The first-order chi connectivity index (χ1) is 13.5. The lowest BCUT2D eigenvalue weighted by Crippen LogP contribution is -2.12. The van der Waals surface area contributed by atoms with Gasteiger partial charge >= 0.3 is 5.69 Å². The molecule has 1 atom stereocenters. The van der Waals surface area contributed by atoms with Gasteiger partial charge in [-0.05, 0) is 31.5 Å². The highest BCUT2D eigenvalue weighted by Gasteiger charge is 2.19. The van der Waals surface area contributed by atoms with Gasteiger partial charge in [-0.3, -0.25) is 19.4 Å². The molecule has 0 saturated heterocycles. The van der Waals surface area contributed by atoms with Crippen LogP contribution in [0.1, 0.15) is 24.4 Å². The molecule has 2 aromatic heterocycles. The molecule has 1 aromatic carbocycles. The van der Waals surface area contributed by atoms with Crippen LogP contribution in [-0.4, -0.2) is 29.5 Å². The van der Waals surface area contributed by atoms with Crippen LogP contribution in [0.5, 0.6) is 5.75 Å². The molecule has 1 unspecified atom stereocenters. The molecule has 0 aliphatic heterocycles. The lowest BCUT2D eigenvalue weighted by atomic mass is 10.2. The van der Waals surface area contributed by atoms with Crippen molar-refractivity contribution in [2.45, 2.75) is 37.5 Å². The van der Waals surface area contributed by atoms with Gasteiger partial charge in [0.15, 0.2) is 17.1 Å².